The van der Waals surface area contributed by atoms with Gasteiger partial charge >= 0.3 is 23.9 Å². The second-order valence-corrected chi connectivity index (χ2v) is 14.4. The van der Waals surface area contributed by atoms with Crippen LogP contribution < -0.4 is 32.7 Å². The van der Waals surface area contributed by atoms with Crippen molar-refractivity contribution in [2.45, 2.75) is 99.4 Å². The minimum absolute atomic E-state index is 0.0260. The highest BCUT2D eigenvalue weighted by Gasteiger charge is 2.32. The van der Waals surface area contributed by atoms with Crippen molar-refractivity contribution in [2.75, 3.05) is 11.5 Å². The van der Waals surface area contributed by atoms with Crippen LogP contribution in [-0.2, 0) is 38.4 Å². The first-order valence-electron chi connectivity index (χ1n) is 14.4. The molecule has 0 saturated carbocycles. The van der Waals surface area contributed by atoms with Gasteiger partial charge in [-0.2, -0.15) is 0 Å². The number of amides is 4. The van der Waals surface area contributed by atoms with Gasteiger partial charge in [-0.05, 0) is 39.5 Å². The van der Waals surface area contributed by atoms with Crippen molar-refractivity contribution >= 4 is 92.3 Å². The summed E-state index contributed by atoms with van der Waals surface area (Å²) in [4.78, 5) is 96.0. The normalized spacial score (nSPS) is 16.0. The number of hydrogen-bond donors (Lipinski definition) is 10. The Balaban J connectivity index is 5.67. The van der Waals surface area contributed by atoms with Gasteiger partial charge in [-0.15, -0.1) is 23.2 Å². The van der Waals surface area contributed by atoms with Gasteiger partial charge in [0.15, 0.2) is 0 Å². The fourth-order valence-corrected chi connectivity index (χ4v) is 6.27. The number of aliphatic carboxylic acids is 4. The van der Waals surface area contributed by atoms with E-state index in [1.54, 1.807) is 0 Å². The molecule has 0 spiro atoms. The predicted octanol–water partition coefficient (Wildman–Crippen LogP) is -1.10. The molecule has 0 heterocycles. The summed E-state index contributed by atoms with van der Waals surface area (Å²) in [6.07, 6.45) is -0.311. The molecule has 4 unspecified atom stereocenters. The number of rotatable bonds is 25. The van der Waals surface area contributed by atoms with E-state index in [1.165, 1.54) is 13.8 Å². The molecular weight excluding hydrogens is 723 g/mol. The van der Waals surface area contributed by atoms with E-state index >= 15 is 0 Å². The van der Waals surface area contributed by atoms with Gasteiger partial charge in [0.25, 0.3) is 0 Å². The zero-order valence-corrected chi connectivity index (χ0v) is 29.2. The Labute approximate surface area is 293 Å². The van der Waals surface area contributed by atoms with Crippen LogP contribution in [0.25, 0.3) is 0 Å². The van der Waals surface area contributed by atoms with Gasteiger partial charge in [-0.3, -0.25) is 28.8 Å². The topological polar surface area (TPSA) is 318 Å². The third-order valence-corrected chi connectivity index (χ3v) is 9.30. The van der Waals surface area contributed by atoms with Crippen LogP contribution in [0.1, 0.15) is 52.4 Å². The molecule has 4 amide bonds. The van der Waals surface area contributed by atoms with Crippen LogP contribution in [0, 0.1) is 0 Å². The summed E-state index contributed by atoms with van der Waals surface area (Å²) in [6, 6.07) is -8.06. The number of nitrogens with two attached hydrogens (primary N) is 2. The van der Waals surface area contributed by atoms with Crippen molar-refractivity contribution in [3.8, 4) is 0 Å². The molecule has 8 atom stereocenters. The lowest BCUT2D eigenvalue weighted by Crippen LogP contribution is -2.55. The Morgan fingerprint density at radius 2 is 0.896 bits per heavy atom. The van der Waals surface area contributed by atoms with E-state index in [2.05, 4.69) is 21.3 Å². The van der Waals surface area contributed by atoms with E-state index in [4.69, 9.17) is 44.9 Å². The van der Waals surface area contributed by atoms with Gasteiger partial charge in [0.05, 0.1) is 10.8 Å². The molecule has 0 bridgehead atoms. The molecule has 0 aliphatic carbocycles. The minimum Gasteiger partial charge on any atom is -0.480 e. The molecule has 48 heavy (non-hydrogen) atoms. The lowest BCUT2D eigenvalue weighted by atomic mass is 10.1. The van der Waals surface area contributed by atoms with Gasteiger partial charge in [0.2, 0.25) is 23.6 Å². The minimum atomic E-state index is -1.51. The predicted molar refractivity (Wildman–Crippen MR) is 177 cm³/mol. The third kappa shape index (κ3) is 18.5. The van der Waals surface area contributed by atoms with E-state index in [1.807, 2.05) is 0 Å². The van der Waals surface area contributed by atoms with Crippen molar-refractivity contribution in [1.29, 1.82) is 0 Å². The summed E-state index contributed by atoms with van der Waals surface area (Å²) in [7, 11) is 1.89. The summed E-state index contributed by atoms with van der Waals surface area (Å²) >= 11 is 11.8. The molecule has 0 aliphatic rings. The molecule has 0 rings (SSSR count). The van der Waals surface area contributed by atoms with Crippen molar-refractivity contribution < 1.29 is 58.8 Å². The van der Waals surface area contributed by atoms with Crippen molar-refractivity contribution in [1.82, 2.24) is 21.3 Å². The number of carbonyl (C=O) groups is 8. The lowest BCUT2D eigenvalue weighted by molar-refractivity contribution is -0.142. The highest BCUT2D eigenvalue weighted by Crippen LogP contribution is 2.24. The Morgan fingerprint density at radius 1 is 0.583 bits per heavy atom. The second kappa shape index (κ2) is 23.3. The molecular formula is C26H42Cl2N6O12S2. The summed E-state index contributed by atoms with van der Waals surface area (Å²) in [5.41, 5.74) is 10.9. The van der Waals surface area contributed by atoms with Gasteiger partial charge < -0.3 is 53.2 Å². The summed E-state index contributed by atoms with van der Waals surface area (Å²) in [6.45, 7) is 2.68. The molecule has 0 aromatic carbocycles. The second-order valence-electron chi connectivity index (χ2n) is 10.5. The van der Waals surface area contributed by atoms with Crippen LogP contribution in [0.15, 0.2) is 0 Å². The van der Waals surface area contributed by atoms with Gasteiger partial charge in [0.1, 0.15) is 36.3 Å². The molecule has 0 aliphatic heterocycles. The van der Waals surface area contributed by atoms with Crippen LogP contribution in [0.4, 0.5) is 0 Å². The third-order valence-electron chi connectivity index (χ3n) is 6.37. The maximum absolute atomic E-state index is 13.0. The number of nitrogens with one attached hydrogen (secondary N) is 4. The Kier molecular flexibility index (Phi) is 21.9. The quantitative estimate of drug-likeness (QED) is 0.0299. The standard InChI is InChI=1S/C26H42Cl2N6O12S2/c1-11(27)19(25(43)44)33-21(37)15(31-17(35)7-3-5-13(29)23(39)40)9-47-48-10-16(22(38)34-20(12(2)28)26(45)46)32-18(36)8-4-6-14(30)24(41)42/h11-16,19-20H,3-10,29-30H2,1-2H3,(H,31,35)(H,32,36)(H,33,37)(H,34,38)(H,39,40)(H,41,42)(H,43,44)(H,45,46)/t11?,12?,13-,14-,15?,16?,19+,20+/m0/s1. The van der Waals surface area contributed by atoms with Gasteiger partial charge in [0, 0.05) is 24.3 Å². The molecule has 0 fully saturated rings. The van der Waals surface area contributed by atoms with Crippen molar-refractivity contribution in [3.63, 3.8) is 0 Å². The average molecular weight is 766 g/mol. The highest BCUT2D eigenvalue weighted by molar-refractivity contribution is 8.76. The number of carboxylic acids is 4. The number of carbonyl (C=O) groups excluding carboxylic acids is 4. The van der Waals surface area contributed by atoms with Crippen molar-refractivity contribution in [3.05, 3.63) is 0 Å². The fourth-order valence-electron chi connectivity index (χ4n) is 3.60. The van der Waals surface area contributed by atoms with Crippen LogP contribution in [-0.4, -0.2) is 126 Å². The Morgan fingerprint density at radius 3 is 1.15 bits per heavy atom. The van der Waals surface area contributed by atoms with Gasteiger partial charge in [-0.1, -0.05) is 21.6 Å². The monoisotopic (exact) mass is 764 g/mol. The van der Waals surface area contributed by atoms with E-state index < -0.39 is 94.5 Å². The molecule has 0 saturated heterocycles. The molecule has 12 N–H and O–H groups in total. The first kappa shape index (κ1) is 45.0. The largest absolute Gasteiger partial charge is 0.480 e. The van der Waals surface area contributed by atoms with Crippen LogP contribution >= 0.6 is 44.8 Å². The number of hydrogen-bond acceptors (Lipinski definition) is 12. The van der Waals surface area contributed by atoms with E-state index in [-0.39, 0.29) is 50.0 Å². The first-order chi connectivity index (χ1) is 22.3. The zero-order valence-electron chi connectivity index (χ0n) is 26.1. The Bertz CT molecular complexity index is 1070. The lowest BCUT2D eigenvalue weighted by Gasteiger charge is -2.23. The van der Waals surface area contributed by atoms with E-state index in [0.29, 0.717) is 0 Å². The number of halogens is 2. The Hall–Kier alpha value is -3.04. The summed E-state index contributed by atoms with van der Waals surface area (Å²) in [5, 5.41) is 43.9. The number of carboxylic acid groups (broad SMARTS) is 4. The van der Waals surface area contributed by atoms with Crippen LogP contribution in [0.2, 0.25) is 0 Å². The molecule has 22 heteroatoms. The molecule has 274 valence electrons. The van der Waals surface area contributed by atoms with Crippen molar-refractivity contribution in [2.24, 2.45) is 11.5 Å². The summed E-state index contributed by atoms with van der Waals surface area (Å²) < 4.78 is 0. The number of alkyl halides is 2. The maximum Gasteiger partial charge on any atom is 0.327 e. The van der Waals surface area contributed by atoms with E-state index in [0.717, 1.165) is 21.6 Å². The van der Waals surface area contributed by atoms with Crippen LogP contribution in [0.3, 0.4) is 0 Å². The molecule has 0 aromatic rings. The van der Waals surface area contributed by atoms with Gasteiger partial charge in [-0.25, -0.2) is 9.59 Å². The molecule has 0 radical (unpaired) electrons. The SMILES string of the molecule is CC(Cl)[C@@H](NC(=O)C(CSSCC(NC(=O)CCC[C@H](N)C(=O)O)C(=O)N[C@@H](C(=O)O)C(C)Cl)NC(=O)CCC[C@H](N)C(=O)O)C(=O)O. The smallest absolute Gasteiger partial charge is 0.327 e. The fraction of sp³-hybridized carbons (Fsp3) is 0.692. The first-order valence-corrected chi connectivity index (χ1v) is 17.8. The van der Waals surface area contributed by atoms with Crippen LogP contribution in [0.5, 0.6) is 0 Å². The zero-order chi connectivity index (χ0) is 37.1. The average Bonchev–Trinajstić information content (AvgIpc) is 2.98. The summed E-state index contributed by atoms with van der Waals surface area (Å²) in [5.74, 6) is -8.87. The highest BCUT2D eigenvalue weighted by atomic mass is 35.5. The molecule has 18 nitrogen and oxygen atoms in total. The molecule has 0 aromatic heterocycles. The van der Waals surface area contributed by atoms with E-state index in [9.17, 15) is 48.6 Å². The maximum atomic E-state index is 13.0.